The van der Waals surface area contributed by atoms with E-state index in [4.69, 9.17) is 0 Å². The van der Waals surface area contributed by atoms with Gasteiger partial charge in [-0.05, 0) is 24.6 Å². The van der Waals surface area contributed by atoms with Crippen molar-refractivity contribution in [3.05, 3.63) is 23.8 Å². The van der Waals surface area contributed by atoms with Crippen LogP contribution in [0.15, 0.2) is 18.2 Å². The molecule has 0 radical (unpaired) electrons. The van der Waals surface area contributed by atoms with E-state index in [-0.39, 0.29) is 11.8 Å². The van der Waals surface area contributed by atoms with Crippen molar-refractivity contribution in [2.24, 2.45) is 5.92 Å². The number of hydrogen-bond donors (Lipinski definition) is 1. The van der Waals surface area contributed by atoms with Gasteiger partial charge in [0.05, 0.1) is 17.3 Å². The number of benzene rings is 1. The highest BCUT2D eigenvalue weighted by Gasteiger charge is 2.22. The van der Waals surface area contributed by atoms with E-state index in [9.17, 15) is 4.79 Å². The molecule has 2 rings (SSSR count). The van der Waals surface area contributed by atoms with Gasteiger partial charge in [0.1, 0.15) is 0 Å². The molecule has 1 unspecified atom stereocenters. The van der Waals surface area contributed by atoms with E-state index < -0.39 is 0 Å². The average Bonchev–Trinajstić information content (AvgIpc) is 2.25. The quantitative estimate of drug-likeness (QED) is 0.701. The van der Waals surface area contributed by atoms with Crippen LogP contribution in [0.5, 0.6) is 0 Å². The lowest BCUT2D eigenvalue weighted by Crippen LogP contribution is -2.27. The van der Waals surface area contributed by atoms with Gasteiger partial charge in [0.25, 0.3) is 0 Å². The second kappa shape index (κ2) is 3.57. The topological polar surface area (TPSA) is 32.3 Å². The molecular formula is C12H16N2O. The van der Waals surface area contributed by atoms with Crippen LogP contribution in [0.3, 0.4) is 0 Å². The van der Waals surface area contributed by atoms with Crippen molar-refractivity contribution >= 4 is 17.3 Å². The van der Waals surface area contributed by atoms with Gasteiger partial charge in [0.2, 0.25) is 5.91 Å². The van der Waals surface area contributed by atoms with Gasteiger partial charge in [-0.3, -0.25) is 4.79 Å². The standard InChI is InChI=1S/C12H16N2O/c1-8-4-5-11-10(6-8)13-12(15)9(2)7-14(11)3/h4-6,9H,7H2,1-3H3,(H,13,15). The molecule has 0 fully saturated rings. The first-order valence-electron chi connectivity index (χ1n) is 5.20. The monoisotopic (exact) mass is 204 g/mol. The molecule has 0 aliphatic carbocycles. The first-order valence-corrected chi connectivity index (χ1v) is 5.20. The van der Waals surface area contributed by atoms with Gasteiger partial charge in [-0.1, -0.05) is 13.0 Å². The van der Waals surface area contributed by atoms with Crippen molar-refractivity contribution < 1.29 is 4.79 Å². The number of rotatable bonds is 0. The minimum absolute atomic E-state index is 0.0303. The van der Waals surface area contributed by atoms with Crippen LogP contribution in [0.1, 0.15) is 12.5 Å². The van der Waals surface area contributed by atoms with Gasteiger partial charge < -0.3 is 10.2 Å². The molecule has 0 aromatic heterocycles. The maximum atomic E-state index is 11.7. The first kappa shape index (κ1) is 10.0. The number of aryl methyl sites for hydroxylation is 1. The molecule has 1 aliphatic heterocycles. The zero-order valence-electron chi connectivity index (χ0n) is 9.37. The maximum Gasteiger partial charge on any atom is 0.229 e. The second-order valence-corrected chi connectivity index (χ2v) is 4.29. The minimum Gasteiger partial charge on any atom is -0.372 e. The fraction of sp³-hybridized carbons (Fsp3) is 0.417. The largest absolute Gasteiger partial charge is 0.372 e. The number of nitrogens with zero attached hydrogens (tertiary/aromatic N) is 1. The van der Waals surface area contributed by atoms with Crippen LogP contribution < -0.4 is 10.2 Å². The third-order valence-corrected chi connectivity index (χ3v) is 2.82. The summed E-state index contributed by atoms with van der Waals surface area (Å²) < 4.78 is 0. The minimum atomic E-state index is 0.0303. The molecule has 1 heterocycles. The Kier molecular flexibility index (Phi) is 2.39. The Morgan fingerprint density at radius 3 is 2.93 bits per heavy atom. The predicted octanol–water partition coefficient (Wildman–Crippen LogP) is 2.02. The van der Waals surface area contributed by atoms with Crippen LogP contribution >= 0.6 is 0 Å². The van der Waals surface area contributed by atoms with Gasteiger partial charge >= 0.3 is 0 Å². The molecule has 3 nitrogen and oxygen atoms in total. The fourth-order valence-electron chi connectivity index (χ4n) is 1.93. The van der Waals surface area contributed by atoms with E-state index >= 15 is 0 Å². The molecule has 1 aromatic carbocycles. The number of carbonyl (C=O) groups excluding carboxylic acids is 1. The van der Waals surface area contributed by atoms with Crippen molar-refractivity contribution in [3.8, 4) is 0 Å². The summed E-state index contributed by atoms with van der Waals surface area (Å²) in [7, 11) is 2.02. The third-order valence-electron chi connectivity index (χ3n) is 2.82. The Bertz CT molecular complexity index is 401. The zero-order chi connectivity index (χ0) is 11.0. The molecule has 0 saturated heterocycles. The average molecular weight is 204 g/mol. The summed E-state index contributed by atoms with van der Waals surface area (Å²) >= 11 is 0. The smallest absolute Gasteiger partial charge is 0.229 e. The molecule has 3 heteroatoms. The molecule has 1 atom stereocenters. The van der Waals surface area contributed by atoms with E-state index in [1.54, 1.807) is 0 Å². The fourth-order valence-corrected chi connectivity index (χ4v) is 1.93. The molecule has 1 N–H and O–H groups in total. The molecule has 1 aliphatic rings. The molecule has 0 spiro atoms. The Labute approximate surface area is 90.1 Å². The lowest BCUT2D eigenvalue weighted by Gasteiger charge is -2.19. The molecule has 1 amide bonds. The van der Waals surface area contributed by atoms with Crippen LogP contribution in [-0.2, 0) is 4.79 Å². The van der Waals surface area contributed by atoms with Gasteiger partial charge in [0.15, 0.2) is 0 Å². The maximum absolute atomic E-state index is 11.7. The number of anilines is 2. The van der Waals surface area contributed by atoms with Crippen molar-refractivity contribution in [1.29, 1.82) is 0 Å². The predicted molar refractivity (Wildman–Crippen MR) is 62.2 cm³/mol. The van der Waals surface area contributed by atoms with Crippen LogP contribution in [0.2, 0.25) is 0 Å². The van der Waals surface area contributed by atoms with E-state index in [1.807, 2.05) is 27.0 Å². The molecule has 0 saturated carbocycles. The highest BCUT2D eigenvalue weighted by Crippen LogP contribution is 2.29. The second-order valence-electron chi connectivity index (χ2n) is 4.29. The van der Waals surface area contributed by atoms with Gasteiger partial charge in [-0.2, -0.15) is 0 Å². The number of fused-ring (bicyclic) bond motifs is 1. The zero-order valence-corrected chi connectivity index (χ0v) is 9.37. The van der Waals surface area contributed by atoms with Crippen molar-refractivity contribution in [1.82, 2.24) is 0 Å². The lowest BCUT2D eigenvalue weighted by atomic mass is 10.1. The molecule has 80 valence electrons. The summed E-state index contributed by atoms with van der Waals surface area (Å²) in [6.07, 6.45) is 0. The van der Waals surface area contributed by atoms with E-state index in [1.165, 1.54) is 0 Å². The Hall–Kier alpha value is -1.51. The molecule has 15 heavy (non-hydrogen) atoms. The highest BCUT2D eigenvalue weighted by molar-refractivity contribution is 5.97. The van der Waals surface area contributed by atoms with Crippen LogP contribution in [-0.4, -0.2) is 19.5 Å². The molecule has 1 aromatic rings. The lowest BCUT2D eigenvalue weighted by molar-refractivity contribution is -0.119. The van der Waals surface area contributed by atoms with E-state index in [2.05, 4.69) is 22.3 Å². The highest BCUT2D eigenvalue weighted by atomic mass is 16.1. The molecule has 0 bridgehead atoms. The summed E-state index contributed by atoms with van der Waals surface area (Å²) in [6, 6.07) is 6.14. The summed E-state index contributed by atoms with van der Waals surface area (Å²) in [5.41, 5.74) is 3.18. The first-order chi connectivity index (χ1) is 7.08. The Morgan fingerprint density at radius 1 is 1.47 bits per heavy atom. The van der Waals surface area contributed by atoms with Gasteiger partial charge in [-0.25, -0.2) is 0 Å². The summed E-state index contributed by atoms with van der Waals surface area (Å²) in [5, 5.41) is 2.96. The van der Waals surface area contributed by atoms with Crippen LogP contribution in [0.4, 0.5) is 11.4 Å². The SMILES string of the molecule is Cc1ccc2c(c1)NC(=O)C(C)CN2C. The van der Waals surface area contributed by atoms with Crippen LogP contribution in [0.25, 0.3) is 0 Å². The number of carbonyl (C=O) groups is 1. The summed E-state index contributed by atoms with van der Waals surface area (Å²) in [4.78, 5) is 13.8. The van der Waals surface area contributed by atoms with Crippen molar-refractivity contribution in [3.63, 3.8) is 0 Å². The van der Waals surface area contributed by atoms with Crippen LogP contribution in [0, 0.1) is 12.8 Å². The Morgan fingerprint density at radius 2 is 2.20 bits per heavy atom. The Balaban J connectivity index is 2.46. The van der Waals surface area contributed by atoms with E-state index in [0.29, 0.717) is 0 Å². The number of hydrogen-bond acceptors (Lipinski definition) is 2. The van der Waals surface area contributed by atoms with Gasteiger partial charge in [0, 0.05) is 13.6 Å². The summed E-state index contributed by atoms with van der Waals surface area (Å²) in [5.74, 6) is 0.133. The molecular weight excluding hydrogens is 188 g/mol. The summed E-state index contributed by atoms with van der Waals surface area (Å²) in [6.45, 7) is 4.74. The number of amides is 1. The van der Waals surface area contributed by atoms with Crippen molar-refractivity contribution in [2.45, 2.75) is 13.8 Å². The van der Waals surface area contributed by atoms with Gasteiger partial charge in [-0.15, -0.1) is 0 Å². The van der Waals surface area contributed by atoms with Crippen molar-refractivity contribution in [2.75, 3.05) is 23.8 Å². The third kappa shape index (κ3) is 1.82. The number of nitrogens with one attached hydrogen (secondary N) is 1. The van der Waals surface area contributed by atoms with E-state index in [0.717, 1.165) is 23.5 Å². The normalized spacial score (nSPS) is 20.6.